The van der Waals surface area contributed by atoms with Gasteiger partial charge in [0.25, 0.3) is 5.69 Å². The highest BCUT2D eigenvalue weighted by Gasteiger charge is 2.20. The van der Waals surface area contributed by atoms with Gasteiger partial charge < -0.3 is 5.11 Å². The maximum atomic E-state index is 12.8. The number of nitrogens with zero attached hydrogens (tertiary/aromatic N) is 1. The van der Waals surface area contributed by atoms with Crippen molar-refractivity contribution in [3.05, 3.63) is 75.6 Å². The van der Waals surface area contributed by atoms with Gasteiger partial charge in [-0.2, -0.15) is 0 Å². The Kier molecular flexibility index (Phi) is 4.08. The van der Waals surface area contributed by atoms with Crippen molar-refractivity contribution in [1.82, 2.24) is 0 Å². The lowest BCUT2D eigenvalue weighted by Crippen LogP contribution is -2.03. The summed E-state index contributed by atoms with van der Waals surface area (Å²) in [5.41, 5.74) is -0.0894. The lowest BCUT2D eigenvalue weighted by Gasteiger charge is -2.04. The highest BCUT2D eigenvalue weighted by atomic mass is 19.1. The average Bonchev–Trinajstić information content (AvgIpc) is 2.46. The van der Waals surface area contributed by atoms with Gasteiger partial charge in [-0.05, 0) is 29.8 Å². The summed E-state index contributed by atoms with van der Waals surface area (Å²) in [7, 11) is 0. The topological polar surface area (TPSA) is 80.4 Å². The molecule has 0 aliphatic rings. The molecule has 0 spiro atoms. The number of aliphatic carboxylic acids is 1. The molecule has 0 bridgehead atoms. The van der Waals surface area contributed by atoms with Crippen LogP contribution >= 0.6 is 0 Å². The van der Waals surface area contributed by atoms with E-state index in [9.17, 15) is 24.4 Å². The molecule has 2 aromatic rings. The first kappa shape index (κ1) is 14.4. The third-order valence-electron chi connectivity index (χ3n) is 2.80. The van der Waals surface area contributed by atoms with E-state index in [2.05, 4.69) is 0 Å². The maximum Gasteiger partial charge on any atom is 0.336 e. The number of nitro benzene ring substituents is 1. The second kappa shape index (κ2) is 5.96. The van der Waals surface area contributed by atoms with E-state index < -0.39 is 16.7 Å². The lowest BCUT2D eigenvalue weighted by molar-refractivity contribution is -0.385. The van der Waals surface area contributed by atoms with Crippen molar-refractivity contribution in [3.8, 4) is 0 Å². The minimum Gasteiger partial charge on any atom is -0.478 e. The normalized spacial score (nSPS) is 11.2. The molecule has 2 rings (SSSR count). The number of nitro groups is 1. The number of hydrogen-bond acceptors (Lipinski definition) is 3. The molecular weight excluding hydrogens is 277 g/mol. The number of rotatable bonds is 4. The first-order valence-electron chi connectivity index (χ1n) is 5.93. The molecule has 106 valence electrons. The van der Waals surface area contributed by atoms with E-state index in [1.165, 1.54) is 54.6 Å². The van der Waals surface area contributed by atoms with Gasteiger partial charge >= 0.3 is 5.97 Å². The number of para-hydroxylation sites is 1. The van der Waals surface area contributed by atoms with Crippen molar-refractivity contribution < 1.29 is 19.2 Å². The largest absolute Gasteiger partial charge is 0.478 e. The van der Waals surface area contributed by atoms with E-state index >= 15 is 0 Å². The predicted molar refractivity (Wildman–Crippen MR) is 75.0 cm³/mol. The molecule has 0 fully saturated rings. The molecule has 0 saturated carbocycles. The Balaban J connectivity index is 2.57. The number of carboxylic acid groups (broad SMARTS) is 1. The standard InChI is InChI=1S/C15H10FNO4/c16-11-7-5-10(6-8-11)9-13(15(18)19)12-3-1-2-4-14(12)17(20)21/h1-9H,(H,18,19)/b13-9+. The highest BCUT2D eigenvalue weighted by molar-refractivity contribution is 6.21. The van der Waals surface area contributed by atoms with Crippen LogP contribution in [0.1, 0.15) is 11.1 Å². The molecule has 0 aromatic heterocycles. The number of carboxylic acids is 1. The number of hydrogen-bond donors (Lipinski definition) is 1. The van der Waals surface area contributed by atoms with E-state index in [4.69, 9.17) is 0 Å². The zero-order valence-electron chi connectivity index (χ0n) is 10.7. The average molecular weight is 287 g/mol. The van der Waals surface area contributed by atoms with Crippen LogP contribution in [0.5, 0.6) is 0 Å². The van der Waals surface area contributed by atoms with Gasteiger partial charge in [0.05, 0.1) is 16.1 Å². The van der Waals surface area contributed by atoms with Gasteiger partial charge in [0.15, 0.2) is 0 Å². The van der Waals surface area contributed by atoms with Gasteiger partial charge in [-0.1, -0.05) is 24.3 Å². The van der Waals surface area contributed by atoms with Crippen molar-refractivity contribution in [2.45, 2.75) is 0 Å². The summed E-state index contributed by atoms with van der Waals surface area (Å²) in [6.07, 6.45) is 1.27. The van der Waals surface area contributed by atoms with Gasteiger partial charge in [0.2, 0.25) is 0 Å². The Morgan fingerprint density at radius 1 is 1.14 bits per heavy atom. The Hall–Kier alpha value is -3.02. The van der Waals surface area contributed by atoms with Crippen LogP contribution in [-0.2, 0) is 4.79 Å². The molecule has 2 aromatic carbocycles. The van der Waals surface area contributed by atoms with Gasteiger partial charge in [-0.3, -0.25) is 10.1 Å². The van der Waals surface area contributed by atoms with Crippen molar-refractivity contribution >= 4 is 23.3 Å². The van der Waals surface area contributed by atoms with Crippen LogP contribution in [-0.4, -0.2) is 16.0 Å². The van der Waals surface area contributed by atoms with E-state index in [0.29, 0.717) is 5.56 Å². The van der Waals surface area contributed by atoms with Crippen LogP contribution in [0.4, 0.5) is 10.1 Å². The van der Waals surface area contributed by atoms with Crippen LogP contribution in [0.25, 0.3) is 11.6 Å². The Morgan fingerprint density at radius 2 is 1.76 bits per heavy atom. The summed E-state index contributed by atoms with van der Waals surface area (Å²) >= 11 is 0. The second-order valence-corrected chi connectivity index (χ2v) is 4.19. The fourth-order valence-electron chi connectivity index (χ4n) is 1.84. The predicted octanol–water partition coefficient (Wildman–Crippen LogP) is 3.36. The third kappa shape index (κ3) is 3.30. The van der Waals surface area contributed by atoms with E-state index in [1.54, 1.807) is 0 Å². The smallest absolute Gasteiger partial charge is 0.336 e. The van der Waals surface area contributed by atoms with Gasteiger partial charge in [0.1, 0.15) is 5.82 Å². The molecule has 21 heavy (non-hydrogen) atoms. The van der Waals surface area contributed by atoms with E-state index in [-0.39, 0.29) is 16.8 Å². The molecule has 1 N–H and O–H groups in total. The highest BCUT2D eigenvalue weighted by Crippen LogP contribution is 2.27. The quantitative estimate of drug-likeness (QED) is 0.404. The van der Waals surface area contributed by atoms with Crippen LogP contribution < -0.4 is 0 Å². The third-order valence-corrected chi connectivity index (χ3v) is 2.80. The first-order valence-corrected chi connectivity index (χ1v) is 5.93. The van der Waals surface area contributed by atoms with Crippen molar-refractivity contribution in [1.29, 1.82) is 0 Å². The molecule has 0 aliphatic carbocycles. The molecule has 0 amide bonds. The van der Waals surface area contributed by atoms with Gasteiger partial charge in [-0.25, -0.2) is 9.18 Å². The molecule has 0 saturated heterocycles. The van der Waals surface area contributed by atoms with E-state index in [0.717, 1.165) is 0 Å². The van der Waals surface area contributed by atoms with Crippen LogP contribution in [0.2, 0.25) is 0 Å². The fraction of sp³-hybridized carbons (Fsp3) is 0. The Bertz CT molecular complexity index is 723. The van der Waals surface area contributed by atoms with Crippen molar-refractivity contribution in [2.75, 3.05) is 0 Å². The second-order valence-electron chi connectivity index (χ2n) is 4.19. The van der Waals surface area contributed by atoms with E-state index in [1.807, 2.05) is 0 Å². The lowest BCUT2D eigenvalue weighted by atomic mass is 10.0. The number of carbonyl (C=O) groups is 1. The zero-order valence-corrected chi connectivity index (χ0v) is 10.7. The molecule has 6 heteroatoms. The summed E-state index contributed by atoms with van der Waals surface area (Å²) in [6, 6.07) is 10.7. The monoisotopic (exact) mass is 287 g/mol. The molecule has 0 heterocycles. The SMILES string of the molecule is O=C(O)/C(=C/c1ccc(F)cc1)c1ccccc1[N+](=O)[O-]. The number of halogens is 1. The summed E-state index contributed by atoms with van der Waals surface area (Å²) in [4.78, 5) is 21.7. The van der Waals surface area contributed by atoms with Gasteiger partial charge in [0, 0.05) is 6.07 Å². The molecule has 0 radical (unpaired) electrons. The van der Waals surface area contributed by atoms with Crippen molar-refractivity contribution in [2.24, 2.45) is 0 Å². The maximum absolute atomic E-state index is 12.8. The summed E-state index contributed by atoms with van der Waals surface area (Å²) < 4.78 is 12.8. The number of benzene rings is 2. The fourth-order valence-corrected chi connectivity index (χ4v) is 1.84. The van der Waals surface area contributed by atoms with Crippen LogP contribution in [0, 0.1) is 15.9 Å². The minimum atomic E-state index is -1.30. The summed E-state index contributed by atoms with van der Waals surface area (Å²) in [5.74, 6) is -1.75. The molecule has 0 unspecified atom stereocenters. The summed E-state index contributed by atoms with van der Waals surface area (Å²) in [5, 5.41) is 20.3. The zero-order chi connectivity index (χ0) is 15.4. The minimum absolute atomic E-state index is 0.000625. The van der Waals surface area contributed by atoms with Crippen LogP contribution in [0.15, 0.2) is 48.5 Å². The first-order chi connectivity index (χ1) is 9.99. The molecular formula is C15H10FNO4. The molecule has 0 atom stereocenters. The Labute approximate surface area is 119 Å². The molecule has 5 nitrogen and oxygen atoms in total. The van der Waals surface area contributed by atoms with Crippen molar-refractivity contribution in [3.63, 3.8) is 0 Å². The summed E-state index contributed by atoms with van der Waals surface area (Å²) in [6.45, 7) is 0. The van der Waals surface area contributed by atoms with Gasteiger partial charge in [-0.15, -0.1) is 0 Å². The van der Waals surface area contributed by atoms with Crippen LogP contribution in [0.3, 0.4) is 0 Å². The molecule has 0 aliphatic heterocycles. The Morgan fingerprint density at radius 3 is 2.33 bits per heavy atom.